The average molecular weight is 389 g/mol. The molecule has 0 aromatic heterocycles. The number of nitrogens with zero attached hydrogens (tertiary/aromatic N) is 1. The van der Waals surface area contributed by atoms with Crippen LogP contribution in [0, 0.1) is 0 Å². The second-order valence-electron chi connectivity index (χ2n) is 4.72. The number of hydrogen-bond donors (Lipinski definition) is 0. The van der Waals surface area contributed by atoms with Gasteiger partial charge in [-0.05, 0) is 39.8 Å². The molecule has 0 aromatic rings. The van der Waals surface area contributed by atoms with Gasteiger partial charge in [0.2, 0.25) is 0 Å². The fourth-order valence-electron chi connectivity index (χ4n) is 2.16. The molecule has 0 radical (unpaired) electrons. The predicted molar refractivity (Wildman–Crippen MR) is 92.9 cm³/mol. The van der Waals surface area contributed by atoms with Crippen LogP contribution < -0.4 is 0 Å². The van der Waals surface area contributed by atoms with Crippen molar-refractivity contribution < 1.29 is 0 Å². The monoisotopic (exact) mass is 387 g/mol. The maximum atomic E-state index is 6.70. The second-order valence-corrected chi connectivity index (χ2v) is 22.3. The largest absolute Gasteiger partial charge is 0.564 e. The molecule has 0 saturated carbocycles. The van der Waals surface area contributed by atoms with Crippen LogP contribution in [-0.2, 0) is 0 Å². The van der Waals surface area contributed by atoms with Gasteiger partial charge in [-0.1, -0.05) is 0 Å². The summed E-state index contributed by atoms with van der Waals surface area (Å²) in [7, 11) is 17.0. The van der Waals surface area contributed by atoms with E-state index in [0.717, 1.165) is 12.3 Å². The molecule has 18 heavy (non-hydrogen) atoms. The Bertz CT molecular complexity index is 258. The van der Waals surface area contributed by atoms with Crippen molar-refractivity contribution in [2.24, 2.45) is 0 Å². The molecule has 8 heteroatoms. The first-order valence-corrected chi connectivity index (χ1v) is 15.9. The highest BCUT2D eigenvalue weighted by molar-refractivity contribution is 7.97. The van der Waals surface area contributed by atoms with Crippen LogP contribution in [-0.4, -0.2) is 38.5 Å². The number of hydrogen-bond acceptors (Lipinski definition) is 1. The van der Waals surface area contributed by atoms with Gasteiger partial charge in [0.1, 0.15) is 23.6 Å². The molecule has 0 unspecified atom stereocenters. The van der Waals surface area contributed by atoms with Gasteiger partial charge >= 0.3 is 9.39 Å². The van der Waals surface area contributed by atoms with E-state index in [1.54, 1.807) is 0 Å². The summed E-state index contributed by atoms with van der Waals surface area (Å²) in [5.74, 6) is 0. The minimum atomic E-state index is -2.94. The lowest BCUT2D eigenvalue weighted by Gasteiger charge is -2.34. The molecule has 0 amide bonds. The molecule has 1 rings (SSSR count). The van der Waals surface area contributed by atoms with Crippen LogP contribution in [0.5, 0.6) is 0 Å². The van der Waals surface area contributed by atoms with Crippen LogP contribution in [0.25, 0.3) is 0 Å². The van der Waals surface area contributed by atoms with Gasteiger partial charge in [-0.15, -0.1) is 0 Å². The maximum Gasteiger partial charge on any atom is 0.564 e. The smallest absolute Gasteiger partial charge is 0.391 e. The molecule has 1 heterocycles. The van der Waals surface area contributed by atoms with Crippen LogP contribution in [0.4, 0.5) is 0 Å². The molecule has 1 aliphatic heterocycles. The van der Waals surface area contributed by atoms with Crippen LogP contribution >= 0.6 is 58.2 Å². The highest BCUT2D eigenvalue weighted by Crippen LogP contribution is 2.70. The molecule has 0 saturated heterocycles. The first kappa shape index (κ1) is 20.1. The summed E-state index contributed by atoms with van der Waals surface area (Å²) >= 11 is 6.70. The zero-order valence-electron chi connectivity index (χ0n) is 11.1. The quantitative estimate of drug-likeness (QED) is 0.318. The van der Waals surface area contributed by atoms with Crippen LogP contribution in [0.3, 0.4) is 0 Å². The van der Waals surface area contributed by atoms with E-state index in [-0.39, 0.29) is 0 Å². The SMILES string of the molecule is CC(C)N(C(C)C)[P+]1(Cl)CC=CC1.[Cl][Al-]([Cl])([Cl])[Cl]. The molecule has 0 fully saturated rings. The normalized spacial score (nSPS) is 18.4. The van der Waals surface area contributed by atoms with Gasteiger partial charge in [0, 0.05) is 12.1 Å². The Morgan fingerprint density at radius 3 is 1.44 bits per heavy atom. The second kappa shape index (κ2) is 8.53. The summed E-state index contributed by atoms with van der Waals surface area (Å²) in [5.41, 5.74) is 0. The highest BCUT2D eigenvalue weighted by Gasteiger charge is 2.46. The Morgan fingerprint density at radius 2 is 1.22 bits per heavy atom. The maximum absolute atomic E-state index is 6.70. The van der Waals surface area contributed by atoms with Crippen molar-refractivity contribution in [3.05, 3.63) is 12.2 Å². The number of halogens is 5. The first-order chi connectivity index (χ1) is 7.97. The number of allylic oxidation sites excluding steroid dienone is 2. The van der Waals surface area contributed by atoms with E-state index < -0.39 is 16.2 Å². The molecule has 108 valence electrons. The van der Waals surface area contributed by atoms with Gasteiger partial charge in [-0.25, -0.2) is 0 Å². The third-order valence-electron chi connectivity index (χ3n) is 2.41. The lowest BCUT2D eigenvalue weighted by atomic mass is 10.3. The van der Waals surface area contributed by atoms with E-state index in [1.165, 1.54) is 0 Å². The summed E-state index contributed by atoms with van der Waals surface area (Å²) in [4.78, 5) is 0. The van der Waals surface area contributed by atoms with Gasteiger partial charge in [0.25, 0.3) is 0 Å². The Kier molecular flexibility index (Phi) is 9.53. The topological polar surface area (TPSA) is 3.24 Å². The molecule has 0 bridgehead atoms. The zero-order valence-corrected chi connectivity index (χ0v) is 16.9. The molecule has 0 N–H and O–H groups in total. The van der Waals surface area contributed by atoms with Crippen molar-refractivity contribution in [3.8, 4) is 0 Å². The minimum absolute atomic E-state index is 0.561. The van der Waals surface area contributed by atoms with E-state index >= 15 is 0 Å². The lowest BCUT2D eigenvalue weighted by molar-refractivity contribution is 0.321. The Hall–Kier alpha value is 2.11. The molecule has 0 spiro atoms. The van der Waals surface area contributed by atoms with Crippen molar-refractivity contribution in [2.45, 2.75) is 39.8 Å². The Balaban J connectivity index is 0.000000494. The molecular formula is C10H20AlCl5NP. The molecule has 0 atom stereocenters. The van der Waals surface area contributed by atoms with E-state index in [1.807, 2.05) is 0 Å². The van der Waals surface area contributed by atoms with E-state index in [4.69, 9.17) is 51.4 Å². The molecule has 1 aliphatic rings. The van der Waals surface area contributed by atoms with Crippen LogP contribution in [0.2, 0.25) is 0 Å². The van der Waals surface area contributed by atoms with Gasteiger partial charge in [0.05, 0.1) is 0 Å². The van der Waals surface area contributed by atoms with Crippen molar-refractivity contribution in [1.29, 1.82) is 0 Å². The molecular weight excluding hydrogens is 369 g/mol. The van der Waals surface area contributed by atoms with Crippen LogP contribution in [0.15, 0.2) is 12.2 Å². The van der Waals surface area contributed by atoms with Gasteiger partial charge in [-0.3, -0.25) is 0 Å². The summed E-state index contributed by atoms with van der Waals surface area (Å²) in [6, 6.07) is 1.12. The van der Waals surface area contributed by atoms with Crippen molar-refractivity contribution in [3.63, 3.8) is 0 Å². The summed E-state index contributed by atoms with van der Waals surface area (Å²) in [6.45, 7) is 7.61. The van der Waals surface area contributed by atoms with Gasteiger partial charge < -0.3 is 40.2 Å². The van der Waals surface area contributed by atoms with Crippen molar-refractivity contribution in [2.75, 3.05) is 12.3 Å². The Morgan fingerprint density at radius 1 is 0.944 bits per heavy atom. The minimum Gasteiger partial charge on any atom is -0.391 e. The number of rotatable bonds is 3. The fourth-order valence-corrected chi connectivity index (χ4v) is 6.81. The third-order valence-corrected chi connectivity index (χ3v) is 7.05. The van der Waals surface area contributed by atoms with Crippen molar-refractivity contribution in [1.82, 2.24) is 4.67 Å². The fraction of sp³-hybridized carbons (Fsp3) is 0.800. The summed E-state index contributed by atoms with van der Waals surface area (Å²) in [5, 5.41) is 0. The third kappa shape index (κ3) is 8.41. The average Bonchev–Trinajstić information content (AvgIpc) is 2.46. The summed E-state index contributed by atoms with van der Waals surface area (Å²) < 4.78 is 2.51. The van der Waals surface area contributed by atoms with E-state index in [0.29, 0.717) is 12.1 Å². The first-order valence-electron chi connectivity index (χ1n) is 5.85. The van der Waals surface area contributed by atoms with E-state index in [9.17, 15) is 0 Å². The van der Waals surface area contributed by atoms with Gasteiger partial charge in [-0.2, -0.15) is 4.67 Å². The molecule has 0 aromatic carbocycles. The molecule has 1 nitrogen and oxygen atoms in total. The Labute approximate surface area is 135 Å². The van der Waals surface area contributed by atoms with E-state index in [2.05, 4.69) is 44.5 Å². The summed E-state index contributed by atoms with van der Waals surface area (Å²) in [6.07, 6.45) is 6.65. The lowest BCUT2D eigenvalue weighted by Crippen LogP contribution is -2.35. The van der Waals surface area contributed by atoms with Crippen molar-refractivity contribution >= 4 is 67.6 Å². The van der Waals surface area contributed by atoms with Gasteiger partial charge in [0.15, 0.2) is 6.77 Å². The standard InChI is InChI=1S/C10H20ClNP.Al.4ClH/c1-9(2)12(10(3)4)13(11)7-5-6-8-13;;;;;/h5-6,9-10H,7-8H2,1-4H3;;4*1H/q+1;+3;;;;/p-4. The predicted octanol–water partition coefficient (Wildman–Crippen LogP) is 6.14. The van der Waals surface area contributed by atoms with Crippen LogP contribution in [0.1, 0.15) is 27.7 Å². The highest BCUT2D eigenvalue weighted by atomic mass is 35.9. The zero-order chi connectivity index (χ0) is 14.6. The molecule has 0 aliphatic carbocycles.